The van der Waals surface area contributed by atoms with E-state index in [1.807, 2.05) is 13.8 Å². The van der Waals surface area contributed by atoms with Gasteiger partial charge >= 0.3 is 12.1 Å². The molecule has 1 heterocycles. The van der Waals surface area contributed by atoms with Crippen molar-refractivity contribution < 1.29 is 19.4 Å². The number of rotatable bonds is 6. The summed E-state index contributed by atoms with van der Waals surface area (Å²) in [5, 5.41) is 12.2. The van der Waals surface area contributed by atoms with Gasteiger partial charge in [-0.2, -0.15) is 0 Å². The van der Waals surface area contributed by atoms with Crippen molar-refractivity contribution in [3.05, 3.63) is 12.7 Å². The lowest BCUT2D eigenvalue weighted by Gasteiger charge is -2.46. The Hall–Kier alpha value is -1.56. The Kier molecular flexibility index (Phi) is 4.72. The Bertz CT molecular complexity index is 335. The Balaban J connectivity index is 2.49. The Morgan fingerprint density at radius 3 is 2.61 bits per heavy atom. The van der Waals surface area contributed by atoms with Crippen LogP contribution in [0.15, 0.2) is 12.7 Å². The first kappa shape index (κ1) is 14.5. The standard InChI is InChI=1S/C12H20N2O4/c1-4-5-18-11(17)14-7-12(8-14,10(15)16)13-6-9(2)3/h4,9,13H,1,5-8H2,2-3H3,(H,15,16). The fraction of sp³-hybridized carbons (Fsp3) is 0.667. The molecule has 1 fully saturated rings. The van der Waals surface area contributed by atoms with Crippen LogP contribution in [-0.4, -0.2) is 53.8 Å². The van der Waals surface area contributed by atoms with E-state index in [9.17, 15) is 14.7 Å². The summed E-state index contributed by atoms with van der Waals surface area (Å²) in [6.07, 6.45) is 0.970. The van der Waals surface area contributed by atoms with Crippen LogP contribution >= 0.6 is 0 Å². The molecule has 18 heavy (non-hydrogen) atoms. The summed E-state index contributed by atoms with van der Waals surface area (Å²) >= 11 is 0. The molecule has 1 saturated heterocycles. The number of hydrogen-bond donors (Lipinski definition) is 2. The van der Waals surface area contributed by atoms with E-state index in [4.69, 9.17) is 4.74 Å². The molecule has 6 heteroatoms. The van der Waals surface area contributed by atoms with E-state index in [0.29, 0.717) is 12.5 Å². The van der Waals surface area contributed by atoms with Crippen LogP contribution in [0.4, 0.5) is 4.79 Å². The normalized spacial score (nSPS) is 17.2. The highest BCUT2D eigenvalue weighted by atomic mass is 16.6. The number of likely N-dealkylation sites (tertiary alicyclic amines) is 1. The first-order valence-electron chi connectivity index (χ1n) is 5.92. The number of carboxylic acids is 1. The average Bonchev–Trinajstić information content (AvgIpc) is 2.23. The van der Waals surface area contributed by atoms with Gasteiger partial charge in [0.1, 0.15) is 6.61 Å². The van der Waals surface area contributed by atoms with Crippen LogP contribution < -0.4 is 5.32 Å². The number of nitrogens with zero attached hydrogens (tertiary/aromatic N) is 1. The van der Waals surface area contributed by atoms with Crippen LogP contribution in [0, 0.1) is 5.92 Å². The topological polar surface area (TPSA) is 78.9 Å². The molecule has 1 aliphatic heterocycles. The number of carboxylic acid groups (broad SMARTS) is 1. The molecule has 1 amide bonds. The summed E-state index contributed by atoms with van der Waals surface area (Å²) in [5.74, 6) is -0.584. The third-order valence-electron chi connectivity index (χ3n) is 2.76. The highest BCUT2D eigenvalue weighted by Crippen LogP contribution is 2.22. The van der Waals surface area contributed by atoms with Gasteiger partial charge in [0, 0.05) is 0 Å². The van der Waals surface area contributed by atoms with Crippen molar-refractivity contribution in [2.45, 2.75) is 19.4 Å². The summed E-state index contributed by atoms with van der Waals surface area (Å²) in [4.78, 5) is 24.1. The largest absolute Gasteiger partial charge is 0.480 e. The van der Waals surface area contributed by atoms with E-state index in [1.165, 1.54) is 11.0 Å². The fourth-order valence-electron chi connectivity index (χ4n) is 1.68. The van der Waals surface area contributed by atoms with Crippen LogP contribution in [0.25, 0.3) is 0 Å². The first-order chi connectivity index (χ1) is 8.41. The Morgan fingerprint density at radius 1 is 1.56 bits per heavy atom. The zero-order valence-corrected chi connectivity index (χ0v) is 10.8. The quantitative estimate of drug-likeness (QED) is 0.684. The molecule has 0 atom stereocenters. The lowest BCUT2D eigenvalue weighted by molar-refractivity contribution is -0.151. The zero-order valence-electron chi connectivity index (χ0n) is 10.8. The van der Waals surface area contributed by atoms with Crippen LogP contribution in [0.2, 0.25) is 0 Å². The average molecular weight is 256 g/mol. The van der Waals surface area contributed by atoms with Crippen LogP contribution in [0.5, 0.6) is 0 Å². The zero-order chi connectivity index (χ0) is 13.8. The molecule has 2 N–H and O–H groups in total. The van der Waals surface area contributed by atoms with Crippen molar-refractivity contribution in [1.82, 2.24) is 10.2 Å². The lowest BCUT2D eigenvalue weighted by atomic mass is 9.89. The third-order valence-corrected chi connectivity index (χ3v) is 2.76. The number of carbonyl (C=O) groups is 2. The number of ether oxygens (including phenoxy) is 1. The van der Waals surface area contributed by atoms with E-state index < -0.39 is 17.6 Å². The molecular weight excluding hydrogens is 236 g/mol. The van der Waals surface area contributed by atoms with Gasteiger partial charge < -0.3 is 14.7 Å². The van der Waals surface area contributed by atoms with Crippen molar-refractivity contribution in [2.24, 2.45) is 5.92 Å². The van der Waals surface area contributed by atoms with Gasteiger partial charge in [-0.05, 0) is 12.5 Å². The smallest absolute Gasteiger partial charge is 0.410 e. The highest BCUT2D eigenvalue weighted by Gasteiger charge is 2.51. The fourth-order valence-corrected chi connectivity index (χ4v) is 1.68. The van der Waals surface area contributed by atoms with Crippen LogP contribution in [-0.2, 0) is 9.53 Å². The SMILES string of the molecule is C=CCOC(=O)N1CC(NCC(C)C)(C(=O)O)C1. The molecular formula is C12H20N2O4. The molecule has 6 nitrogen and oxygen atoms in total. The van der Waals surface area contributed by atoms with Crippen molar-refractivity contribution >= 4 is 12.1 Å². The van der Waals surface area contributed by atoms with Gasteiger partial charge in [0.05, 0.1) is 13.1 Å². The van der Waals surface area contributed by atoms with Gasteiger partial charge in [-0.1, -0.05) is 26.5 Å². The van der Waals surface area contributed by atoms with Gasteiger partial charge in [-0.25, -0.2) is 4.79 Å². The maximum Gasteiger partial charge on any atom is 0.410 e. The summed E-state index contributed by atoms with van der Waals surface area (Å²) in [7, 11) is 0. The Morgan fingerprint density at radius 2 is 2.17 bits per heavy atom. The van der Waals surface area contributed by atoms with Crippen LogP contribution in [0.1, 0.15) is 13.8 Å². The molecule has 0 aromatic heterocycles. The monoisotopic (exact) mass is 256 g/mol. The number of aliphatic carboxylic acids is 1. The molecule has 0 aliphatic carbocycles. The maximum absolute atomic E-state index is 11.5. The molecule has 102 valence electrons. The number of hydrogen-bond acceptors (Lipinski definition) is 4. The second kappa shape index (κ2) is 5.86. The second-order valence-corrected chi connectivity index (χ2v) is 4.88. The molecule has 0 aromatic carbocycles. The number of nitrogens with one attached hydrogen (secondary N) is 1. The second-order valence-electron chi connectivity index (χ2n) is 4.88. The first-order valence-corrected chi connectivity index (χ1v) is 5.92. The maximum atomic E-state index is 11.5. The highest BCUT2D eigenvalue weighted by molar-refractivity contribution is 5.84. The summed E-state index contributed by atoms with van der Waals surface area (Å²) in [6.45, 7) is 8.43. The minimum absolute atomic E-state index is 0.130. The van der Waals surface area contributed by atoms with E-state index in [-0.39, 0.29) is 19.7 Å². The van der Waals surface area contributed by atoms with Crippen molar-refractivity contribution in [2.75, 3.05) is 26.2 Å². The van der Waals surface area contributed by atoms with Gasteiger partial charge in [0.2, 0.25) is 0 Å². The summed E-state index contributed by atoms with van der Waals surface area (Å²) in [5.41, 5.74) is -1.03. The predicted octanol–water partition coefficient (Wildman–Crippen LogP) is 0.694. The molecule has 0 bridgehead atoms. The van der Waals surface area contributed by atoms with Gasteiger partial charge in [0.25, 0.3) is 0 Å². The third kappa shape index (κ3) is 3.22. The van der Waals surface area contributed by atoms with E-state index in [0.717, 1.165) is 0 Å². The molecule has 0 aromatic rings. The lowest BCUT2D eigenvalue weighted by Crippen LogP contribution is -2.74. The predicted molar refractivity (Wildman–Crippen MR) is 66.3 cm³/mol. The Labute approximate surface area is 107 Å². The molecule has 0 saturated carbocycles. The van der Waals surface area contributed by atoms with Gasteiger partial charge in [-0.3, -0.25) is 10.1 Å². The molecule has 0 radical (unpaired) electrons. The minimum atomic E-state index is -1.03. The summed E-state index contributed by atoms with van der Waals surface area (Å²) < 4.78 is 4.84. The molecule has 1 aliphatic rings. The molecule has 1 rings (SSSR count). The van der Waals surface area contributed by atoms with E-state index in [1.54, 1.807) is 0 Å². The number of amides is 1. The van der Waals surface area contributed by atoms with E-state index in [2.05, 4.69) is 11.9 Å². The van der Waals surface area contributed by atoms with Crippen LogP contribution in [0.3, 0.4) is 0 Å². The van der Waals surface area contributed by atoms with Gasteiger partial charge in [0.15, 0.2) is 5.54 Å². The number of carbonyl (C=O) groups excluding carboxylic acids is 1. The van der Waals surface area contributed by atoms with Crippen molar-refractivity contribution in [1.29, 1.82) is 0 Å². The molecule has 0 spiro atoms. The summed E-state index contributed by atoms with van der Waals surface area (Å²) in [6, 6.07) is 0. The minimum Gasteiger partial charge on any atom is -0.480 e. The van der Waals surface area contributed by atoms with Crippen molar-refractivity contribution in [3.8, 4) is 0 Å². The van der Waals surface area contributed by atoms with Crippen molar-refractivity contribution in [3.63, 3.8) is 0 Å². The van der Waals surface area contributed by atoms with Gasteiger partial charge in [-0.15, -0.1) is 0 Å². The molecule has 0 unspecified atom stereocenters. The van der Waals surface area contributed by atoms with E-state index >= 15 is 0 Å².